The van der Waals surface area contributed by atoms with Crippen LogP contribution in [0.25, 0.3) is 0 Å². The molecule has 6 nitrogen and oxygen atoms in total. The number of rotatable bonds is 5. The fourth-order valence-electron chi connectivity index (χ4n) is 1.72. The normalized spacial score (nSPS) is 12.3. The van der Waals surface area contributed by atoms with Crippen molar-refractivity contribution in [3.05, 3.63) is 41.2 Å². The Labute approximate surface area is 111 Å². The molecule has 0 aliphatic rings. The zero-order valence-corrected chi connectivity index (χ0v) is 10.9. The van der Waals surface area contributed by atoms with E-state index in [1.54, 1.807) is 11.6 Å². The summed E-state index contributed by atoms with van der Waals surface area (Å²) in [6.07, 6.45) is 0.597. The molecule has 0 radical (unpaired) electrons. The van der Waals surface area contributed by atoms with Gasteiger partial charge in [0.05, 0.1) is 12.5 Å². The van der Waals surface area contributed by atoms with Gasteiger partial charge in [-0.05, 0) is 22.9 Å². The molecule has 1 atom stereocenters. The number of aryl methyl sites for hydroxylation is 1. The number of nitrogens with zero attached hydrogens (tertiary/aromatic N) is 4. The standard InChI is InChI=1S/C13H16N4O2/c1-9-3-5-11(6-4-9)7-12-14-15-16-17(12)8-10(2)13(18)19/h3-6,10H,7-8H2,1-2H3,(H,18,19). The molecule has 6 heteroatoms. The number of tetrazole rings is 1. The van der Waals surface area contributed by atoms with Crippen LogP contribution in [0.3, 0.4) is 0 Å². The fraction of sp³-hybridized carbons (Fsp3) is 0.385. The van der Waals surface area contributed by atoms with Gasteiger partial charge in [-0.25, -0.2) is 4.68 Å². The molecule has 1 heterocycles. The average Bonchev–Trinajstić information content (AvgIpc) is 2.79. The van der Waals surface area contributed by atoms with Crippen molar-refractivity contribution in [1.29, 1.82) is 0 Å². The van der Waals surface area contributed by atoms with E-state index >= 15 is 0 Å². The molecule has 1 aromatic carbocycles. The number of aromatic nitrogens is 4. The largest absolute Gasteiger partial charge is 0.481 e. The highest BCUT2D eigenvalue weighted by atomic mass is 16.4. The lowest BCUT2D eigenvalue weighted by molar-refractivity contribution is -0.141. The summed E-state index contributed by atoms with van der Waals surface area (Å²) in [7, 11) is 0. The Balaban J connectivity index is 2.11. The molecular formula is C13H16N4O2. The average molecular weight is 260 g/mol. The molecule has 0 bridgehead atoms. The molecule has 1 N–H and O–H groups in total. The van der Waals surface area contributed by atoms with Crippen LogP contribution in [-0.4, -0.2) is 31.3 Å². The maximum atomic E-state index is 10.9. The van der Waals surface area contributed by atoms with Gasteiger partial charge in [0.1, 0.15) is 0 Å². The van der Waals surface area contributed by atoms with E-state index in [1.807, 2.05) is 31.2 Å². The number of benzene rings is 1. The van der Waals surface area contributed by atoms with Crippen LogP contribution in [0.2, 0.25) is 0 Å². The first kappa shape index (κ1) is 13.2. The summed E-state index contributed by atoms with van der Waals surface area (Å²) in [6, 6.07) is 8.11. The van der Waals surface area contributed by atoms with Gasteiger partial charge in [-0.1, -0.05) is 36.8 Å². The van der Waals surface area contributed by atoms with E-state index in [1.165, 1.54) is 5.56 Å². The quantitative estimate of drug-likeness (QED) is 0.876. The Morgan fingerprint density at radius 1 is 1.37 bits per heavy atom. The van der Waals surface area contributed by atoms with Crippen molar-refractivity contribution < 1.29 is 9.90 Å². The van der Waals surface area contributed by atoms with E-state index in [0.29, 0.717) is 12.2 Å². The predicted molar refractivity (Wildman–Crippen MR) is 68.6 cm³/mol. The first-order valence-corrected chi connectivity index (χ1v) is 6.09. The number of carboxylic acids is 1. The molecule has 1 unspecified atom stereocenters. The third-order valence-corrected chi connectivity index (χ3v) is 2.96. The second-order valence-electron chi connectivity index (χ2n) is 4.68. The van der Waals surface area contributed by atoms with E-state index in [0.717, 1.165) is 5.56 Å². The number of hydrogen-bond donors (Lipinski definition) is 1. The van der Waals surface area contributed by atoms with Crippen molar-refractivity contribution in [1.82, 2.24) is 20.2 Å². The van der Waals surface area contributed by atoms with Crippen molar-refractivity contribution in [2.45, 2.75) is 26.8 Å². The Bertz CT molecular complexity index is 562. The van der Waals surface area contributed by atoms with Crippen LogP contribution in [-0.2, 0) is 17.8 Å². The molecule has 0 aliphatic heterocycles. The summed E-state index contributed by atoms with van der Waals surface area (Å²) >= 11 is 0. The highest BCUT2D eigenvalue weighted by Gasteiger charge is 2.15. The second kappa shape index (κ2) is 5.60. The summed E-state index contributed by atoms with van der Waals surface area (Å²) in [5.74, 6) is -0.686. The first-order valence-electron chi connectivity index (χ1n) is 6.09. The molecule has 100 valence electrons. The monoisotopic (exact) mass is 260 g/mol. The SMILES string of the molecule is Cc1ccc(Cc2nnnn2CC(C)C(=O)O)cc1. The van der Waals surface area contributed by atoms with Crippen molar-refractivity contribution in [3.63, 3.8) is 0 Å². The number of aliphatic carboxylic acids is 1. The lowest BCUT2D eigenvalue weighted by Gasteiger charge is -2.08. The minimum absolute atomic E-state index is 0.281. The molecule has 1 aromatic heterocycles. The number of carboxylic acid groups (broad SMARTS) is 1. The van der Waals surface area contributed by atoms with Gasteiger partial charge in [0, 0.05) is 6.42 Å². The van der Waals surface area contributed by atoms with Gasteiger partial charge in [-0.3, -0.25) is 4.79 Å². The van der Waals surface area contributed by atoms with E-state index in [-0.39, 0.29) is 6.54 Å². The Morgan fingerprint density at radius 3 is 2.68 bits per heavy atom. The third kappa shape index (κ3) is 3.37. The van der Waals surface area contributed by atoms with Crippen LogP contribution in [0.15, 0.2) is 24.3 Å². The topological polar surface area (TPSA) is 80.9 Å². The molecule has 0 aliphatic carbocycles. The molecule has 19 heavy (non-hydrogen) atoms. The lowest BCUT2D eigenvalue weighted by atomic mass is 10.1. The Kier molecular flexibility index (Phi) is 3.89. The molecule has 0 saturated carbocycles. The van der Waals surface area contributed by atoms with E-state index in [2.05, 4.69) is 15.5 Å². The van der Waals surface area contributed by atoms with E-state index in [4.69, 9.17) is 5.11 Å². The summed E-state index contributed by atoms with van der Waals surface area (Å²) in [5, 5.41) is 20.3. The van der Waals surface area contributed by atoms with E-state index < -0.39 is 11.9 Å². The third-order valence-electron chi connectivity index (χ3n) is 2.96. The maximum Gasteiger partial charge on any atom is 0.308 e. The predicted octanol–water partition coefficient (Wildman–Crippen LogP) is 1.29. The van der Waals surface area contributed by atoms with Gasteiger partial charge in [0.2, 0.25) is 0 Å². The first-order chi connectivity index (χ1) is 9.06. The van der Waals surface area contributed by atoms with Crippen LogP contribution >= 0.6 is 0 Å². The van der Waals surface area contributed by atoms with E-state index in [9.17, 15) is 4.79 Å². The van der Waals surface area contributed by atoms with Gasteiger partial charge in [0.25, 0.3) is 0 Å². The Hall–Kier alpha value is -2.24. The van der Waals surface area contributed by atoms with Crippen LogP contribution < -0.4 is 0 Å². The number of hydrogen-bond acceptors (Lipinski definition) is 4. The van der Waals surface area contributed by atoms with Crippen molar-refractivity contribution >= 4 is 5.97 Å². The smallest absolute Gasteiger partial charge is 0.308 e. The summed E-state index contributed by atoms with van der Waals surface area (Å²) < 4.78 is 1.55. The van der Waals surface area contributed by atoms with Gasteiger partial charge in [-0.2, -0.15) is 0 Å². The van der Waals surface area contributed by atoms with Crippen molar-refractivity contribution in [2.24, 2.45) is 5.92 Å². The van der Waals surface area contributed by atoms with Crippen LogP contribution in [0, 0.1) is 12.8 Å². The molecule has 2 rings (SSSR count). The van der Waals surface area contributed by atoms with Gasteiger partial charge < -0.3 is 5.11 Å². The molecule has 2 aromatic rings. The Morgan fingerprint density at radius 2 is 2.05 bits per heavy atom. The highest BCUT2D eigenvalue weighted by Crippen LogP contribution is 2.09. The van der Waals surface area contributed by atoms with Crippen molar-refractivity contribution in [3.8, 4) is 0 Å². The number of carbonyl (C=O) groups is 1. The minimum atomic E-state index is -0.850. The summed E-state index contributed by atoms with van der Waals surface area (Å²) in [4.78, 5) is 10.9. The molecular weight excluding hydrogens is 244 g/mol. The zero-order chi connectivity index (χ0) is 13.8. The molecule has 0 fully saturated rings. The lowest BCUT2D eigenvalue weighted by Crippen LogP contribution is -2.19. The molecule has 0 saturated heterocycles. The maximum absolute atomic E-state index is 10.9. The van der Waals surface area contributed by atoms with Crippen LogP contribution in [0.5, 0.6) is 0 Å². The summed E-state index contributed by atoms with van der Waals surface area (Å²) in [6.45, 7) is 3.95. The zero-order valence-electron chi connectivity index (χ0n) is 10.9. The van der Waals surface area contributed by atoms with Gasteiger partial charge >= 0.3 is 5.97 Å². The molecule has 0 spiro atoms. The van der Waals surface area contributed by atoms with Gasteiger partial charge in [0.15, 0.2) is 5.82 Å². The minimum Gasteiger partial charge on any atom is -0.481 e. The fourth-order valence-corrected chi connectivity index (χ4v) is 1.72. The summed E-state index contributed by atoms with van der Waals surface area (Å²) in [5.41, 5.74) is 2.30. The van der Waals surface area contributed by atoms with Crippen LogP contribution in [0.4, 0.5) is 0 Å². The van der Waals surface area contributed by atoms with Crippen molar-refractivity contribution in [2.75, 3.05) is 0 Å². The van der Waals surface area contributed by atoms with Crippen LogP contribution in [0.1, 0.15) is 23.9 Å². The van der Waals surface area contributed by atoms with Gasteiger partial charge in [-0.15, -0.1) is 5.10 Å². The second-order valence-corrected chi connectivity index (χ2v) is 4.68. The highest BCUT2D eigenvalue weighted by molar-refractivity contribution is 5.69. The molecule has 0 amide bonds.